The van der Waals surface area contributed by atoms with E-state index in [4.69, 9.17) is 5.73 Å². The SMILES string of the molecule is Cc1nc(C(F)F)c(CBr)cc1N. The lowest BCUT2D eigenvalue weighted by molar-refractivity contribution is 0.145. The summed E-state index contributed by atoms with van der Waals surface area (Å²) in [6, 6.07) is 1.53. The Morgan fingerprint density at radius 2 is 2.23 bits per heavy atom. The Morgan fingerprint density at radius 3 is 2.69 bits per heavy atom. The predicted octanol–water partition coefficient (Wildman–Crippen LogP) is 2.80. The molecule has 0 aliphatic heterocycles. The molecule has 0 spiro atoms. The average Bonchev–Trinajstić information content (AvgIpc) is 2.08. The van der Waals surface area contributed by atoms with Crippen molar-refractivity contribution in [3.8, 4) is 0 Å². The molecule has 0 radical (unpaired) electrons. The maximum atomic E-state index is 12.4. The Hall–Kier alpha value is -0.710. The standard InChI is InChI=1S/C8H9BrF2N2/c1-4-6(12)2-5(3-9)7(13-4)8(10)11/h2,8H,3,12H2,1H3. The lowest BCUT2D eigenvalue weighted by Gasteiger charge is -2.08. The van der Waals surface area contributed by atoms with E-state index in [0.717, 1.165) is 0 Å². The Bertz CT molecular complexity index is 315. The van der Waals surface area contributed by atoms with E-state index >= 15 is 0 Å². The van der Waals surface area contributed by atoms with Crippen LogP contribution in [-0.4, -0.2) is 4.98 Å². The minimum Gasteiger partial charge on any atom is -0.397 e. The van der Waals surface area contributed by atoms with E-state index in [0.29, 0.717) is 22.3 Å². The molecule has 0 unspecified atom stereocenters. The first-order chi connectivity index (χ1) is 6.06. The van der Waals surface area contributed by atoms with E-state index in [9.17, 15) is 8.78 Å². The van der Waals surface area contributed by atoms with Gasteiger partial charge in [0.2, 0.25) is 0 Å². The quantitative estimate of drug-likeness (QED) is 0.821. The summed E-state index contributed by atoms with van der Waals surface area (Å²) >= 11 is 3.11. The van der Waals surface area contributed by atoms with Crippen LogP contribution in [0.5, 0.6) is 0 Å². The highest BCUT2D eigenvalue weighted by atomic mass is 79.9. The van der Waals surface area contributed by atoms with Crippen molar-refractivity contribution in [2.24, 2.45) is 0 Å². The number of aryl methyl sites for hydroxylation is 1. The molecule has 0 aromatic carbocycles. The van der Waals surface area contributed by atoms with Crippen LogP contribution in [0.15, 0.2) is 6.07 Å². The zero-order valence-corrected chi connectivity index (χ0v) is 8.61. The van der Waals surface area contributed by atoms with E-state index in [1.54, 1.807) is 6.92 Å². The molecule has 0 aliphatic rings. The van der Waals surface area contributed by atoms with Crippen LogP contribution >= 0.6 is 15.9 Å². The molecule has 72 valence electrons. The minimum atomic E-state index is -2.55. The number of nitrogens with two attached hydrogens (primary N) is 1. The lowest BCUT2D eigenvalue weighted by atomic mass is 10.2. The molecule has 0 atom stereocenters. The van der Waals surface area contributed by atoms with E-state index in [1.807, 2.05) is 0 Å². The molecule has 13 heavy (non-hydrogen) atoms. The summed E-state index contributed by atoms with van der Waals surface area (Å²) in [7, 11) is 0. The van der Waals surface area contributed by atoms with Crippen molar-refractivity contribution >= 4 is 21.6 Å². The van der Waals surface area contributed by atoms with Crippen molar-refractivity contribution in [2.75, 3.05) is 5.73 Å². The number of nitrogen functional groups attached to an aromatic ring is 1. The van der Waals surface area contributed by atoms with Crippen molar-refractivity contribution in [3.63, 3.8) is 0 Å². The average molecular weight is 251 g/mol. The van der Waals surface area contributed by atoms with Gasteiger partial charge in [-0.3, -0.25) is 0 Å². The van der Waals surface area contributed by atoms with Gasteiger partial charge in [-0.05, 0) is 18.6 Å². The molecule has 1 aromatic heterocycles. The lowest BCUT2D eigenvalue weighted by Crippen LogP contribution is -2.02. The van der Waals surface area contributed by atoms with Gasteiger partial charge >= 0.3 is 0 Å². The Morgan fingerprint density at radius 1 is 1.62 bits per heavy atom. The zero-order valence-electron chi connectivity index (χ0n) is 7.02. The minimum absolute atomic E-state index is 0.191. The molecule has 0 saturated carbocycles. The van der Waals surface area contributed by atoms with Gasteiger partial charge in [0.25, 0.3) is 6.43 Å². The number of rotatable bonds is 2. The zero-order chi connectivity index (χ0) is 10.0. The third-order valence-electron chi connectivity index (χ3n) is 1.72. The van der Waals surface area contributed by atoms with Gasteiger partial charge in [-0.1, -0.05) is 15.9 Å². The number of alkyl halides is 3. The summed E-state index contributed by atoms with van der Waals surface area (Å²) in [5.41, 5.74) is 6.68. The number of anilines is 1. The summed E-state index contributed by atoms with van der Waals surface area (Å²) in [4.78, 5) is 3.74. The highest BCUT2D eigenvalue weighted by Crippen LogP contribution is 2.25. The molecule has 1 heterocycles. The molecule has 2 N–H and O–H groups in total. The number of nitrogens with zero attached hydrogens (tertiary/aromatic N) is 1. The second kappa shape index (κ2) is 4.00. The summed E-state index contributed by atoms with van der Waals surface area (Å²) in [6.07, 6.45) is -2.55. The molecular formula is C8H9BrF2N2. The fraction of sp³-hybridized carbons (Fsp3) is 0.375. The first kappa shape index (κ1) is 10.4. The van der Waals surface area contributed by atoms with Crippen molar-refractivity contribution < 1.29 is 8.78 Å². The Balaban J connectivity index is 3.25. The van der Waals surface area contributed by atoms with Crippen molar-refractivity contribution in [1.82, 2.24) is 4.98 Å². The fourth-order valence-electron chi connectivity index (χ4n) is 0.979. The van der Waals surface area contributed by atoms with Crippen LogP contribution in [0.4, 0.5) is 14.5 Å². The molecule has 0 amide bonds. The van der Waals surface area contributed by atoms with Crippen molar-refractivity contribution in [1.29, 1.82) is 0 Å². The van der Waals surface area contributed by atoms with Gasteiger partial charge in [0.15, 0.2) is 0 Å². The molecule has 0 aliphatic carbocycles. The van der Waals surface area contributed by atoms with Crippen LogP contribution < -0.4 is 5.73 Å². The van der Waals surface area contributed by atoms with Gasteiger partial charge in [0.1, 0.15) is 5.69 Å². The highest BCUT2D eigenvalue weighted by Gasteiger charge is 2.15. The maximum absolute atomic E-state index is 12.4. The molecule has 2 nitrogen and oxygen atoms in total. The molecule has 5 heteroatoms. The van der Waals surface area contributed by atoms with Crippen LogP contribution in [0.25, 0.3) is 0 Å². The molecule has 0 saturated heterocycles. The second-order valence-corrected chi connectivity index (χ2v) is 3.20. The normalized spacial score (nSPS) is 10.8. The van der Waals surface area contributed by atoms with E-state index in [-0.39, 0.29) is 5.69 Å². The third kappa shape index (κ3) is 2.15. The first-order valence-corrected chi connectivity index (χ1v) is 4.78. The molecule has 1 aromatic rings. The molecule has 0 fully saturated rings. The Labute approximate surface area is 83.3 Å². The van der Waals surface area contributed by atoms with Crippen LogP contribution in [0.1, 0.15) is 23.4 Å². The second-order valence-electron chi connectivity index (χ2n) is 2.64. The van der Waals surface area contributed by atoms with Crippen LogP contribution in [0, 0.1) is 6.92 Å². The third-order valence-corrected chi connectivity index (χ3v) is 2.32. The smallest absolute Gasteiger partial charge is 0.280 e. The Kier molecular flexibility index (Phi) is 3.19. The van der Waals surface area contributed by atoms with Gasteiger partial charge in [-0.15, -0.1) is 0 Å². The molecular weight excluding hydrogens is 242 g/mol. The van der Waals surface area contributed by atoms with Crippen molar-refractivity contribution in [3.05, 3.63) is 23.0 Å². The monoisotopic (exact) mass is 250 g/mol. The van der Waals surface area contributed by atoms with Crippen LogP contribution in [-0.2, 0) is 5.33 Å². The fourth-order valence-corrected chi connectivity index (χ4v) is 1.43. The number of pyridine rings is 1. The van der Waals surface area contributed by atoms with Crippen molar-refractivity contribution in [2.45, 2.75) is 18.7 Å². The van der Waals surface area contributed by atoms with Gasteiger partial charge in [-0.2, -0.15) is 0 Å². The van der Waals surface area contributed by atoms with Crippen LogP contribution in [0.3, 0.4) is 0 Å². The van der Waals surface area contributed by atoms with E-state index in [1.165, 1.54) is 6.07 Å². The van der Waals surface area contributed by atoms with Gasteiger partial charge in [0.05, 0.1) is 11.4 Å². The summed E-state index contributed by atoms with van der Waals surface area (Å²) in [6.45, 7) is 1.61. The molecule has 1 rings (SSSR count). The van der Waals surface area contributed by atoms with E-state index in [2.05, 4.69) is 20.9 Å². The van der Waals surface area contributed by atoms with Gasteiger partial charge < -0.3 is 5.73 Å². The predicted molar refractivity (Wildman–Crippen MR) is 51.0 cm³/mol. The maximum Gasteiger partial charge on any atom is 0.280 e. The number of hydrogen-bond acceptors (Lipinski definition) is 2. The number of halogens is 3. The van der Waals surface area contributed by atoms with Gasteiger partial charge in [-0.25, -0.2) is 13.8 Å². The topological polar surface area (TPSA) is 38.9 Å². The van der Waals surface area contributed by atoms with Crippen LogP contribution in [0.2, 0.25) is 0 Å². The number of hydrogen-bond donors (Lipinski definition) is 1. The largest absolute Gasteiger partial charge is 0.397 e. The number of aromatic nitrogens is 1. The molecule has 0 bridgehead atoms. The van der Waals surface area contributed by atoms with Gasteiger partial charge in [0, 0.05) is 5.33 Å². The summed E-state index contributed by atoms with van der Waals surface area (Å²) < 4.78 is 24.8. The van der Waals surface area contributed by atoms with E-state index < -0.39 is 6.43 Å². The highest BCUT2D eigenvalue weighted by molar-refractivity contribution is 9.08. The summed E-state index contributed by atoms with van der Waals surface area (Å²) in [5.74, 6) is 0. The first-order valence-electron chi connectivity index (χ1n) is 3.66. The summed E-state index contributed by atoms with van der Waals surface area (Å²) in [5, 5.41) is 0.337.